The summed E-state index contributed by atoms with van der Waals surface area (Å²) in [5.41, 5.74) is 1.34. The molecule has 2 heterocycles. The first-order chi connectivity index (χ1) is 11.7. The molecule has 1 aliphatic rings. The topological polar surface area (TPSA) is 47.4 Å². The van der Waals surface area contributed by atoms with Crippen molar-refractivity contribution >= 4 is 5.82 Å². The average molecular weight is 327 g/mol. The summed E-state index contributed by atoms with van der Waals surface area (Å²) in [6, 6.07) is 8.30. The van der Waals surface area contributed by atoms with Crippen LogP contribution in [0.4, 0.5) is 5.82 Å². The van der Waals surface area contributed by atoms with Crippen molar-refractivity contribution in [2.24, 2.45) is 5.92 Å². The molecular formula is C19H25N3O2. The molecule has 0 saturated carbocycles. The van der Waals surface area contributed by atoms with Crippen LogP contribution in [0.1, 0.15) is 25.3 Å². The Balaban J connectivity index is 1.62. The molecule has 128 valence electrons. The molecule has 5 heteroatoms. The minimum atomic E-state index is 0.0197. The van der Waals surface area contributed by atoms with E-state index in [0.29, 0.717) is 18.3 Å². The molecule has 0 amide bonds. The lowest BCUT2D eigenvalue weighted by Crippen LogP contribution is -2.39. The molecule has 0 unspecified atom stereocenters. The SMILES string of the molecule is CCn1ccnc(N2CCC(Cc3cccc(OC)c3)CC2)c1=O. The van der Waals surface area contributed by atoms with E-state index in [0.717, 1.165) is 38.1 Å². The number of aromatic nitrogens is 2. The molecule has 1 aromatic carbocycles. The van der Waals surface area contributed by atoms with Gasteiger partial charge in [-0.25, -0.2) is 4.98 Å². The quantitative estimate of drug-likeness (QED) is 0.847. The third-order valence-electron chi connectivity index (χ3n) is 4.81. The molecule has 3 rings (SSSR count). The van der Waals surface area contributed by atoms with Crippen LogP contribution in [-0.2, 0) is 13.0 Å². The molecule has 0 spiro atoms. The molecule has 1 aromatic heterocycles. The van der Waals surface area contributed by atoms with Gasteiger partial charge in [-0.1, -0.05) is 12.1 Å². The fraction of sp³-hybridized carbons (Fsp3) is 0.474. The van der Waals surface area contributed by atoms with Crippen molar-refractivity contribution in [3.05, 3.63) is 52.6 Å². The van der Waals surface area contributed by atoms with Gasteiger partial charge in [-0.15, -0.1) is 0 Å². The van der Waals surface area contributed by atoms with Gasteiger partial charge in [0.05, 0.1) is 7.11 Å². The molecule has 0 aliphatic carbocycles. The highest BCUT2D eigenvalue weighted by molar-refractivity contribution is 5.36. The van der Waals surface area contributed by atoms with Crippen molar-refractivity contribution in [1.82, 2.24) is 9.55 Å². The van der Waals surface area contributed by atoms with Crippen LogP contribution in [-0.4, -0.2) is 29.8 Å². The molecular weight excluding hydrogens is 302 g/mol. The third-order valence-corrected chi connectivity index (χ3v) is 4.81. The Morgan fingerprint density at radius 1 is 1.29 bits per heavy atom. The first-order valence-corrected chi connectivity index (χ1v) is 8.64. The first-order valence-electron chi connectivity index (χ1n) is 8.64. The van der Waals surface area contributed by atoms with Crippen LogP contribution in [0.15, 0.2) is 41.5 Å². The van der Waals surface area contributed by atoms with E-state index in [1.807, 2.05) is 19.1 Å². The van der Waals surface area contributed by atoms with Crippen molar-refractivity contribution in [3.63, 3.8) is 0 Å². The summed E-state index contributed by atoms with van der Waals surface area (Å²) in [4.78, 5) is 18.8. The average Bonchev–Trinajstić information content (AvgIpc) is 2.63. The Morgan fingerprint density at radius 3 is 2.79 bits per heavy atom. The zero-order chi connectivity index (χ0) is 16.9. The van der Waals surface area contributed by atoms with Crippen LogP contribution in [0.5, 0.6) is 5.75 Å². The van der Waals surface area contributed by atoms with E-state index in [4.69, 9.17) is 4.74 Å². The van der Waals surface area contributed by atoms with Gasteiger partial charge < -0.3 is 14.2 Å². The highest BCUT2D eigenvalue weighted by atomic mass is 16.5. The van der Waals surface area contributed by atoms with Crippen LogP contribution < -0.4 is 15.2 Å². The lowest BCUT2D eigenvalue weighted by molar-refractivity contribution is 0.397. The number of rotatable bonds is 5. The molecule has 0 N–H and O–H groups in total. The summed E-state index contributed by atoms with van der Waals surface area (Å²) < 4.78 is 7.01. The minimum Gasteiger partial charge on any atom is -0.497 e. The van der Waals surface area contributed by atoms with E-state index in [1.165, 1.54) is 5.56 Å². The van der Waals surface area contributed by atoms with E-state index in [-0.39, 0.29) is 5.56 Å². The second-order valence-electron chi connectivity index (χ2n) is 6.33. The largest absolute Gasteiger partial charge is 0.497 e. The number of benzene rings is 1. The number of anilines is 1. The van der Waals surface area contributed by atoms with E-state index in [2.05, 4.69) is 22.0 Å². The summed E-state index contributed by atoms with van der Waals surface area (Å²) in [6.45, 7) is 4.45. The Labute approximate surface area is 142 Å². The lowest BCUT2D eigenvalue weighted by Gasteiger charge is -2.32. The maximum atomic E-state index is 12.4. The maximum absolute atomic E-state index is 12.4. The van der Waals surface area contributed by atoms with Gasteiger partial charge in [0, 0.05) is 32.0 Å². The molecule has 1 fully saturated rings. The fourth-order valence-corrected chi connectivity index (χ4v) is 3.38. The van der Waals surface area contributed by atoms with Crippen molar-refractivity contribution in [2.75, 3.05) is 25.1 Å². The summed E-state index contributed by atoms with van der Waals surface area (Å²) in [5, 5.41) is 0. The Bertz CT molecular complexity index is 733. The lowest BCUT2D eigenvalue weighted by atomic mass is 9.90. The monoisotopic (exact) mass is 327 g/mol. The van der Waals surface area contributed by atoms with Gasteiger partial charge in [-0.05, 0) is 49.8 Å². The van der Waals surface area contributed by atoms with Gasteiger partial charge in [0.2, 0.25) is 0 Å². The molecule has 0 bridgehead atoms. The Kier molecular flexibility index (Phi) is 5.18. The van der Waals surface area contributed by atoms with Gasteiger partial charge in [-0.2, -0.15) is 0 Å². The van der Waals surface area contributed by atoms with E-state index in [9.17, 15) is 4.79 Å². The van der Waals surface area contributed by atoms with Gasteiger partial charge in [0.15, 0.2) is 5.82 Å². The van der Waals surface area contributed by atoms with Gasteiger partial charge in [-0.3, -0.25) is 4.79 Å². The fourth-order valence-electron chi connectivity index (χ4n) is 3.38. The van der Waals surface area contributed by atoms with Crippen LogP contribution in [0.2, 0.25) is 0 Å². The number of ether oxygens (including phenoxy) is 1. The molecule has 5 nitrogen and oxygen atoms in total. The summed E-state index contributed by atoms with van der Waals surface area (Å²) >= 11 is 0. The predicted octanol–water partition coefficient (Wildman–Crippen LogP) is 2.73. The van der Waals surface area contributed by atoms with Gasteiger partial charge >= 0.3 is 0 Å². The Morgan fingerprint density at radius 2 is 2.08 bits per heavy atom. The number of methoxy groups -OCH3 is 1. The first kappa shape index (κ1) is 16.6. The van der Waals surface area contributed by atoms with Crippen molar-refractivity contribution < 1.29 is 4.74 Å². The third kappa shape index (κ3) is 3.61. The molecule has 24 heavy (non-hydrogen) atoms. The number of hydrogen-bond donors (Lipinski definition) is 0. The van der Waals surface area contributed by atoms with E-state index >= 15 is 0 Å². The maximum Gasteiger partial charge on any atom is 0.293 e. The second-order valence-corrected chi connectivity index (χ2v) is 6.33. The smallest absolute Gasteiger partial charge is 0.293 e. The van der Waals surface area contributed by atoms with Crippen LogP contribution in [0, 0.1) is 5.92 Å². The Hall–Kier alpha value is -2.30. The van der Waals surface area contributed by atoms with Crippen molar-refractivity contribution in [2.45, 2.75) is 32.7 Å². The molecule has 2 aromatic rings. The molecule has 1 saturated heterocycles. The summed E-state index contributed by atoms with van der Waals surface area (Å²) in [6.07, 6.45) is 6.70. The van der Waals surface area contributed by atoms with Gasteiger partial charge in [0.25, 0.3) is 5.56 Å². The standard InChI is InChI=1S/C19H25N3O2/c1-3-21-12-9-20-18(19(21)23)22-10-7-15(8-11-22)13-16-5-4-6-17(14-16)24-2/h4-6,9,12,14-15H,3,7-8,10-11,13H2,1-2H3. The number of piperidine rings is 1. The van der Waals surface area contributed by atoms with E-state index < -0.39 is 0 Å². The molecule has 0 radical (unpaired) electrons. The highest BCUT2D eigenvalue weighted by Gasteiger charge is 2.22. The second kappa shape index (κ2) is 7.51. The van der Waals surface area contributed by atoms with Crippen LogP contribution in [0.25, 0.3) is 0 Å². The highest BCUT2D eigenvalue weighted by Crippen LogP contribution is 2.24. The summed E-state index contributed by atoms with van der Waals surface area (Å²) in [5.74, 6) is 2.16. The molecule has 0 atom stereocenters. The number of nitrogens with zero attached hydrogens (tertiary/aromatic N) is 3. The molecule has 1 aliphatic heterocycles. The van der Waals surface area contributed by atoms with Crippen molar-refractivity contribution in [1.29, 1.82) is 0 Å². The van der Waals surface area contributed by atoms with Gasteiger partial charge in [0.1, 0.15) is 5.75 Å². The van der Waals surface area contributed by atoms with Crippen LogP contribution in [0.3, 0.4) is 0 Å². The van der Waals surface area contributed by atoms with E-state index in [1.54, 1.807) is 24.1 Å². The zero-order valence-corrected chi connectivity index (χ0v) is 14.4. The minimum absolute atomic E-state index is 0.0197. The summed E-state index contributed by atoms with van der Waals surface area (Å²) in [7, 11) is 1.70. The normalized spacial score (nSPS) is 15.5. The number of hydrogen-bond acceptors (Lipinski definition) is 4. The number of aryl methyl sites for hydroxylation is 1. The zero-order valence-electron chi connectivity index (χ0n) is 14.4. The van der Waals surface area contributed by atoms with Crippen LogP contribution >= 0.6 is 0 Å². The predicted molar refractivity (Wildman–Crippen MR) is 95.8 cm³/mol. The van der Waals surface area contributed by atoms with Crippen molar-refractivity contribution in [3.8, 4) is 5.75 Å².